The van der Waals surface area contributed by atoms with E-state index < -0.39 is 6.03 Å². The summed E-state index contributed by atoms with van der Waals surface area (Å²) >= 11 is 5.88. The number of halogens is 1. The predicted octanol–water partition coefficient (Wildman–Crippen LogP) is 3.89. The first-order chi connectivity index (χ1) is 16.8. The first-order valence-corrected chi connectivity index (χ1v) is 12.0. The second-order valence-electron chi connectivity index (χ2n) is 8.62. The number of nitrogens with one attached hydrogen (secondary N) is 3. The van der Waals surface area contributed by atoms with Crippen molar-refractivity contribution in [2.75, 3.05) is 30.8 Å². The van der Waals surface area contributed by atoms with Crippen LogP contribution in [0.5, 0.6) is 5.75 Å². The van der Waals surface area contributed by atoms with Crippen LogP contribution in [0.15, 0.2) is 42.5 Å². The van der Waals surface area contributed by atoms with E-state index in [1.54, 1.807) is 54.4 Å². The lowest BCUT2D eigenvalue weighted by molar-refractivity contribution is -0.133. The summed E-state index contributed by atoms with van der Waals surface area (Å²) in [4.78, 5) is 39.4. The number of anilines is 2. The Kier molecular flexibility index (Phi) is 7.77. The number of carbonyl (C=O) groups excluding carboxylic acids is 3. The van der Waals surface area contributed by atoms with E-state index in [1.807, 2.05) is 6.92 Å². The maximum atomic E-state index is 13.3. The van der Waals surface area contributed by atoms with Crippen LogP contribution < -0.4 is 20.7 Å². The van der Waals surface area contributed by atoms with Crippen LogP contribution >= 0.6 is 11.6 Å². The van der Waals surface area contributed by atoms with Crippen LogP contribution in [0.4, 0.5) is 16.2 Å². The minimum Gasteiger partial charge on any atom is -0.490 e. The van der Waals surface area contributed by atoms with Gasteiger partial charge in [-0.1, -0.05) is 11.6 Å². The van der Waals surface area contributed by atoms with Crippen LogP contribution in [0, 0.1) is 0 Å². The third-order valence-corrected chi connectivity index (χ3v) is 6.41. The summed E-state index contributed by atoms with van der Waals surface area (Å²) in [6.45, 7) is 2.71. The van der Waals surface area contributed by atoms with Crippen molar-refractivity contribution in [2.45, 2.75) is 44.4 Å². The number of amides is 4. The van der Waals surface area contributed by atoms with Crippen molar-refractivity contribution >= 4 is 40.8 Å². The van der Waals surface area contributed by atoms with Gasteiger partial charge in [0.15, 0.2) is 0 Å². The molecule has 2 aliphatic rings. The van der Waals surface area contributed by atoms with Crippen LogP contribution in [0.2, 0.25) is 5.02 Å². The van der Waals surface area contributed by atoms with E-state index in [0.29, 0.717) is 53.5 Å². The molecule has 4 rings (SSSR count). The smallest absolute Gasteiger partial charge is 0.323 e. The molecule has 0 spiro atoms. The van der Waals surface area contributed by atoms with Crippen molar-refractivity contribution in [2.24, 2.45) is 0 Å². The van der Waals surface area contributed by atoms with Crippen LogP contribution in [-0.2, 0) is 9.53 Å². The molecule has 3 N–H and O–H groups in total. The summed E-state index contributed by atoms with van der Waals surface area (Å²) < 4.78 is 12.1. The van der Waals surface area contributed by atoms with E-state index in [4.69, 9.17) is 21.1 Å². The fourth-order valence-electron chi connectivity index (χ4n) is 4.41. The number of hydrogen-bond acceptors (Lipinski definition) is 5. The summed E-state index contributed by atoms with van der Waals surface area (Å²) in [5.41, 5.74) is 1.41. The van der Waals surface area contributed by atoms with E-state index >= 15 is 0 Å². The zero-order chi connectivity index (χ0) is 24.9. The monoisotopic (exact) mass is 500 g/mol. The Morgan fingerprint density at radius 2 is 1.80 bits per heavy atom. The van der Waals surface area contributed by atoms with Gasteiger partial charge < -0.3 is 30.3 Å². The molecule has 0 radical (unpaired) electrons. The van der Waals surface area contributed by atoms with Gasteiger partial charge in [0.2, 0.25) is 5.91 Å². The zero-order valence-electron chi connectivity index (χ0n) is 19.7. The van der Waals surface area contributed by atoms with E-state index in [-0.39, 0.29) is 36.7 Å². The quantitative estimate of drug-likeness (QED) is 0.577. The summed E-state index contributed by atoms with van der Waals surface area (Å²) in [5.74, 6) is 0.151. The number of hydrogen-bond donors (Lipinski definition) is 3. The van der Waals surface area contributed by atoms with Gasteiger partial charge in [0.1, 0.15) is 18.5 Å². The van der Waals surface area contributed by atoms with Gasteiger partial charge in [-0.15, -0.1) is 0 Å². The van der Waals surface area contributed by atoms with E-state index in [1.165, 1.54) is 0 Å². The molecule has 0 aliphatic carbocycles. The summed E-state index contributed by atoms with van der Waals surface area (Å²) in [5, 5.41) is 8.84. The lowest BCUT2D eigenvalue weighted by Crippen LogP contribution is -2.54. The molecule has 0 aromatic heterocycles. The molecular formula is C25H29ClN4O5. The molecule has 2 aromatic carbocycles. The summed E-state index contributed by atoms with van der Waals surface area (Å²) in [7, 11) is 1.75. The maximum absolute atomic E-state index is 13.3. The molecule has 186 valence electrons. The molecule has 3 atom stereocenters. The Morgan fingerprint density at radius 3 is 2.54 bits per heavy atom. The number of rotatable bonds is 5. The molecule has 0 bridgehead atoms. The molecule has 2 heterocycles. The van der Waals surface area contributed by atoms with Crippen molar-refractivity contribution in [1.29, 1.82) is 0 Å². The maximum Gasteiger partial charge on any atom is 0.323 e. The molecule has 10 heteroatoms. The van der Waals surface area contributed by atoms with Crippen LogP contribution in [0.1, 0.15) is 36.5 Å². The van der Waals surface area contributed by atoms with Crippen molar-refractivity contribution in [3.63, 3.8) is 0 Å². The Labute approximate surface area is 209 Å². The van der Waals surface area contributed by atoms with E-state index in [9.17, 15) is 14.4 Å². The van der Waals surface area contributed by atoms with Crippen LogP contribution in [-0.4, -0.2) is 61.2 Å². The average Bonchev–Trinajstić information content (AvgIpc) is 2.83. The van der Waals surface area contributed by atoms with Crippen molar-refractivity contribution in [1.82, 2.24) is 10.2 Å². The van der Waals surface area contributed by atoms with Crippen molar-refractivity contribution in [3.05, 3.63) is 53.1 Å². The Hall–Kier alpha value is -3.30. The highest BCUT2D eigenvalue weighted by atomic mass is 35.5. The van der Waals surface area contributed by atoms with Gasteiger partial charge in [-0.3, -0.25) is 9.59 Å². The molecule has 0 unspecified atom stereocenters. The van der Waals surface area contributed by atoms with E-state index in [0.717, 1.165) is 0 Å². The number of urea groups is 1. The van der Waals surface area contributed by atoms with Crippen LogP contribution in [0.3, 0.4) is 0 Å². The van der Waals surface area contributed by atoms with Crippen molar-refractivity contribution < 1.29 is 23.9 Å². The predicted molar refractivity (Wildman–Crippen MR) is 133 cm³/mol. The molecule has 9 nitrogen and oxygen atoms in total. The Morgan fingerprint density at radius 1 is 1.09 bits per heavy atom. The largest absolute Gasteiger partial charge is 0.490 e. The highest BCUT2D eigenvalue weighted by Crippen LogP contribution is 2.32. The fraction of sp³-hybridized carbons (Fsp3) is 0.400. The highest BCUT2D eigenvalue weighted by molar-refractivity contribution is 6.30. The van der Waals surface area contributed by atoms with E-state index in [2.05, 4.69) is 16.0 Å². The van der Waals surface area contributed by atoms with Gasteiger partial charge in [-0.2, -0.15) is 0 Å². The lowest BCUT2D eigenvalue weighted by Gasteiger charge is -2.42. The van der Waals surface area contributed by atoms with Crippen molar-refractivity contribution in [3.8, 4) is 5.75 Å². The molecule has 0 saturated carbocycles. The first kappa shape index (κ1) is 24.8. The highest BCUT2D eigenvalue weighted by Gasteiger charge is 2.39. The molecule has 4 amide bonds. The zero-order valence-corrected chi connectivity index (χ0v) is 20.4. The van der Waals surface area contributed by atoms with Gasteiger partial charge in [-0.25, -0.2) is 4.79 Å². The Balaban J connectivity index is 1.44. The normalized spacial score (nSPS) is 21.5. The third kappa shape index (κ3) is 6.04. The molecule has 2 aromatic rings. The molecule has 2 aliphatic heterocycles. The minimum atomic E-state index is -0.446. The lowest BCUT2D eigenvalue weighted by atomic mass is 9.94. The summed E-state index contributed by atoms with van der Waals surface area (Å²) in [6.07, 6.45) is 1.12. The molecular weight excluding hydrogens is 472 g/mol. The first-order valence-electron chi connectivity index (χ1n) is 11.6. The van der Waals surface area contributed by atoms with Gasteiger partial charge in [0.05, 0.1) is 24.1 Å². The second kappa shape index (κ2) is 11.0. The Bertz CT molecular complexity index is 1090. The number of fused-ring (bicyclic) bond motifs is 2. The number of nitrogens with zero attached hydrogens (tertiary/aromatic N) is 1. The standard InChI is InChI=1S/C25H29ClN4O5/c1-3-27-23(31)13-18-9-10-20-22(35-18)14-34-21-11-8-17(12-19(21)24(32)30(20)2)29-25(33)28-16-6-4-15(26)5-7-16/h4-8,11-12,18,20,22H,3,9-10,13-14H2,1-2H3,(H,27,31)(H2,28,29,33)/t18-,20+,22-/m1/s1. The molecule has 1 fully saturated rings. The SMILES string of the molecule is CCNC(=O)C[C@H]1CC[C@H]2[C@@H](COc3ccc(NC(=O)Nc4ccc(Cl)cc4)cc3C(=O)N2C)O1. The van der Waals surface area contributed by atoms with Gasteiger partial charge in [-0.05, 0) is 62.2 Å². The van der Waals surface area contributed by atoms with Gasteiger partial charge in [0, 0.05) is 30.0 Å². The minimum absolute atomic E-state index is 0.0439. The third-order valence-electron chi connectivity index (χ3n) is 6.16. The van der Waals surface area contributed by atoms with Crippen LogP contribution in [0.25, 0.3) is 0 Å². The number of likely N-dealkylation sites (N-methyl/N-ethyl adjacent to an activating group) is 1. The number of ether oxygens (including phenoxy) is 2. The number of benzene rings is 2. The fourth-order valence-corrected chi connectivity index (χ4v) is 4.53. The average molecular weight is 501 g/mol. The second-order valence-corrected chi connectivity index (χ2v) is 9.06. The topological polar surface area (TPSA) is 109 Å². The van der Waals surface area contributed by atoms with Gasteiger partial charge >= 0.3 is 6.03 Å². The van der Waals surface area contributed by atoms with Gasteiger partial charge in [0.25, 0.3) is 5.91 Å². The summed E-state index contributed by atoms with van der Waals surface area (Å²) in [6, 6.07) is 11.1. The molecule has 1 saturated heterocycles. The number of carbonyl (C=O) groups is 3. The molecule has 35 heavy (non-hydrogen) atoms.